The summed E-state index contributed by atoms with van der Waals surface area (Å²) >= 11 is 9.40. The molecule has 2 aliphatic heterocycles. The molecule has 0 amide bonds. The van der Waals surface area contributed by atoms with Gasteiger partial charge in [0.05, 0.1) is 4.47 Å². The maximum absolute atomic E-state index is 5.92. The summed E-state index contributed by atoms with van der Waals surface area (Å²) in [6.07, 6.45) is 2.65. The zero-order valence-electron chi connectivity index (χ0n) is 11.9. The minimum atomic E-state index is 0. The van der Waals surface area contributed by atoms with Gasteiger partial charge in [-0.2, -0.15) is 0 Å². The van der Waals surface area contributed by atoms with E-state index in [9.17, 15) is 0 Å². The summed E-state index contributed by atoms with van der Waals surface area (Å²) in [6.45, 7) is 6.51. The van der Waals surface area contributed by atoms with Gasteiger partial charge in [-0.15, -0.1) is 12.4 Å². The fourth-order valence-electron chi connectivity index (χ4n) is 3.24. The van der Waals surface area contributed by atoms with E-state index in [1.165, 1.54) is 39.0 Å². The Hall–Kier alpha value is -0.000000000000000111. The van der Waals surface area contributed by atoms with Gasteiger partial charge in [0.25, 0.3) is 0 Å². The van der Waals surface area contributed by atoms with Crippen LogP contribution in [-0.2, 0) is 0 Å². The highest BCUT2D eigenvalue weighted by molar-refractivity contribution is 9.10. The van der Waals surface area contributed by atoms with Crippen molar-refractivity contribution in [1.82, 2.24) is 10.2 Å². The highest BCUT2D eigenvalue weighted by Gasteiger charge is 2.39. The molecule has 1 unspecified atom stereocenters. The van der Waals surface area contributed by atoms with E-state index in [2.05, 4.69) is 26.1 Å². The van der Waals surface area contributed by atoms with Gasteiger partial charge in [0.2, 0.25) is 0 Å². The Morgan fingerprint density at radius 3 is 2.95 bits per heavy atom. The van der Waals surface area contributed by atoms with Crippen LogP contribution in [0.4, 0.5) is 0 Å². The van der Waals surface area contributed by atoms with Crippen molar-refractivity contribution in [2.75, 3.05) is 39.3 Å². The molecule has 0 saturated carbocycles. The zero-order chi connectivity index (χ0) is 14.0. The van der Waals surface area contributed by atoms with Gasteiger partial charge in [-0.05, 0) is 65.5 Å². The van der Waals surface area contributed by atoms with Crippen molar-refractivity contribution < 1.29 is 4.74 Å². The first-order valence-corrected chi connectivity index (χ1v) is 8.35. The Balaban J connectivity index is 0.00000161. The Labute approximate surface area is 145 Å². The lowest BCUT2D eigenvalue weighted by Gasteiger charge is -2.22. The Morgan fingerprint density at radius 2 is 2.24 bits per heavy atom. The summed E-state index contributed by atoms with van der Waals surface area (Å²) in [5.74, 6) is 0.867. The number of likely N-dealkylation sites (tertiary alicyclic amines) is 1. The van der Waals surface area contributed by atoms with E-state index >= 15 is 0 Å². The summed E-state index contributed by atoms with van der Waals surface area (Å²) in [5, 5.41) is 4.22. The van der Waals surface area contributed by atoms with Gasteiger partial charge in [-0.1, -0.05) is 11.6 Å². The average molecular weight is 396 g/mol. The third-order valence-electron chi connectivity index (χ3n) is 4.41. The summed E-state index contributed by atoms with van der Waals surface area (Å²) < 4.78 is 6.76. The number of halogens is 3. The minimum Gasteiger partial charge on any atom is -0.491 e. The smallest absolute Gasteiger partial charge is 0.133 e. The normalized spacial score (nSPS) is 25.2. The third kappa shape index (κ3) is 4.26. The molecular formula is C15H21BrCl2N2O. The van der Waals surface area contributed by atoms with Crippen LogP contribution in [0, 0.1) is 5.41 Å². The Morgan fingerprint density at radius 1 is 1.38 bits per heavy atom. The van der Waals surface area contributed by atoms with Crippen LogP contribution in [-0.4, -0.2) is 44.2 Å². The zero-order valence-corrected chi connectivity index (χ0v) is 15.1. The molecule has 118 valence electrons. The van der Waals surface area contributed by atoms with Crippen molar-refractivity contribution in [2.24, 2.45) is 5.41 Å². The number of nitrogens with zero attached hydrogens (tertiary/aromatic N) is 1. The summed E-state index contributed by atoms with van der Waals surface area (Å²) in [6, 6.07) is 5.64. The maximum atomic E-state index is 5.92. The molecular weight excluding hydrogens is 375 g/mol. The topological polar surface area (TPSA) is 24.5 Å². The van der Waals surface area contributed by atoms with Gasteiger partial charge in [0.15, 0.2) is 0 Å². The van der Waals surface area contributed by atoms with Crippen LogP contribution in [0.1, 0.15) is 12.8 Å². The molecule has 1 spiro atoms. The lowest BCUT2D eigenvalue weighted by atomic mass is 9.87. The quantitative estimate of drug-likeness (QED) is 0.842. The number of nitrogens with one attached hydrogen (secondary N) is 1. The molecule has 6 heteroatoms. The van der Waals surface area contributed by atoms with Gasteiger partial charge >= 0.3 is 0 Å². The van der Waals surface area contributed by atoms with Gasteiger partial charge < -0.3 is 10.1 Å². The molecule has 2 heterocycles. The second-order valence-electron chi connectivity index (χ2n) is 5.88. The molecule has 1 aromatic carbocycles. The highest BCUT2D eigenvalue weighted by atomic mass is 79.9. The molecule has 2 fully saturated rings. The average Bonchev–Trinajstić information content (AvgIpc) is 3.03. The Kier molecular flexibility index (Phi) is 6.21. The van der Waals surface area contributed by atoms with Crippen LogP contribution < -0.4 is 10.1 Å². The van der Waals surface area contributed by atoms with Crippen LogP contribution in [0.25, 0.3) is 0 Å². The van der Waals surface area contributed by atoms with E-state index in [-0.39, 0.29) is 12.4 Å². The van der Waals surface area contributed by atoms with E-state index in [1.807, 2.05) is 18.2 Å². The van der Waals surface area contributed by atoms with E-state index in [1.54, 1.807) is 0 Å². The van der Waals surface area contributed by atoms with E-state index in [4.69, 9.17) is 16.3 Å². The number of rotatable bonds is 4. The molecule has 2 aliphatic rings. The van der Waals surface area contributed by atoms with E-state index in [0.717, 1.165) is 28.4 Å². The molecule has 1 N–H and O–H groups in total. The van der Waals surface area contributed by atoms with Crippen molar-refractivity contribution >= 4 is 39.9 Å². The molecule has 1 aromatic rings. The molecule has 2 saturated heterocycles. The number of ether oxygens (including phenoxy) is 1. The summed E-state index contributed by atoms with van der Waals surface area (Å²) in [5.41, 5.74) is 0.543. The number of hydrogen-bond acceptors (Lipinski definition) is 3. The monoisotopic (exact) mass is 394 g/mol. The van der Waals surface area contributed by atoms with Crippen molar-refractivity contribution in [3.63, 3.8) is 0 Å². The Bertz CT molecular complexity index is 481. The molecule has 0 radical (unpaired) electrons. The molecule has 0 aromatic heterocycles. The van der Waals surface area contributed by atoms with Crippen molar-refractivity contribution in [3.05, 3.63) is 27.7 Å². The summed E-state index contributed by atoms with van der Waals surface area (Å²) in [7, 11) is 0. The van der Waals surface area contributed by atoms with Gasteiger partial charge in [0.1, 0.15) is 12.4 Å². The molecule has 0 aliphatic carbocycles. The number of hydrogen-bond donors (Lipinski definition) is 1. The van der Waals surface area contributed by atoms with Gasteiger partial charge in [-0.25, -0.2) is 0 Å². The molecule has 0 bridgehead atoms. The lowest BCUT2D eigenvalue weighted by molar-refractivity contribution is 0.217. The van der Waals surface area contributed by atoms with Gasteiger partial charge in [-0.3, -0.25) is 4.90 Å². The van der Waals surface area contributed by atoms with Crippen LogP contribution in [0.5, 0.6) is 5.75 Å². The van der Waals surface area contributed by atoms with Gasteiger partial charge in [0, 0.05) is 24.7 Å². The maximum Gasteiger partial charge on any atom is 0.133 e. The van der Waals surface area contributed by atoms with Crippen molar-refractivity contribution in [2.45, 2.75) is 12.8 Å². The van der Waals surface area contributed by atoms with Crippen molar-refractivity contribution in [1.29, 1.82) is 0 Å². The molecule has 1 atom stereocenters. The van der Waals surface area contributed by atoms with E-state index < -0.39 is 0 Å². The predicted octanol–water partition coefficient (Wildman–Crippen LogP) is 3.59. The van der Waals surface area contributed by atoms with Crippen LogP contribution in [0.2, 0.25) is 5.02 Å². The summed E-state index contributed by atoms with van der Waals surface area (Å²) in [4.78, 5) is 2.52. The van der Waals surface area contributed by atoms with Crippen LogP contribution in [0.3, 0.4) is 0 Å². The molecule has 3 nitrogen and oxygen atoms in total. The predicted molar refractivity (Wildman–Crippen MR) is 92.9 cm³/mol. The fourth-order valence-corrected chi connectivity index (χ4v) is 4.04. The van der Waals surface area contributed by atoms with Crippen LogP contribution in [0.15, 0.2) is 22.7 Å². The van der Waals surface area contributed by atoms with Crippen molar-refractivity contribution in [3.8, 4) is 5.75 Å². The highest BCUT2D eigenvalue weighted by Crippen LogP contribution is 2.35. The number of benzene rings is 1. The third-order valence-corrected chi connectivity index (χ3v) is 5.26. The first-order chi connectivity index (χ1) is 9.67. The fraction of sp³-hybridized carbons (Fsp3) is 0.600. The molecule has 21 heavy (non-hydrogen) atoms. The second kappa shape index (κ2) is 7.51. The first-order valence-electron chi connectivity index (χ1n) is 7.18. The second-order valence-corrected chi connectivity index (χ2v) is 7.17. The largest absolute Gasteiger partial charge is 0.491 e. The SMILES string of the molecule is Cl.Clc1ccc(OCCN2CCC3(CCNC3)C2)c(Br)c1. The minimum absolute atomic E-state index is 0. The van der Waals surface area contributed by atoms with E-state index in [0.29, 0.717) is 5.41 Å². The van der Waals surface area contributed by atoms with Crippen LogP contribution >= 0.6 is 39.9 Å². The molecule has 3 rings (SSSR count). The standard InChI is InChI=1S/C15H20BrClN2O.ClH/c16-13-9-12(17)1-2-14(13)20-8-7-19-6-4-15(11-19)3-5-18-10-15;/h1-2,9,18H,3-8,10-11H2;1H. The first kappa shape index (κ1) is 17.4. The lowest BCUT2D eigenvalue weighted by Crippen LogP contribution is -2.31.